The quantitative estimate of drug-likeness (QED) is 0.920. The lowest BCUT2D eigenvalue weighted by atomic mass is 10.4. The van der Waals surface area contributed by atoms with E-state index in [0.29, 0.717) is 22.6 Å². The molecule has 2 heterocycles. The average molecular weight is 265 g/mol. The zero-order valence-electron chi connectivity index (χ0n) is 10.1. The molecule has 0 bridgehead atoms. The fourth-order valence-corrected chi connectivity index (χ4v) is 1.50. The highest BCUT2D eigenvalue weighted by atomic mass is 35.5. The van der Waals surface area contributed by atoms with E-state index in [0.717, 1.165) is 12.1 Å². The minimum atomic E-state index is 0.491. The van der Waals surface area contributed by atoms with Crippen LogP contribution >= 0.6 is 11.6 Å². The molecule has 5 nitrogen and oxygen atoms in total. The number of aromatic nitrogens is 3. The Balaban J connectivity index is 2.25. The molecule has 0 atom stereocenters. The van der Waals surface area contributed by atoms with E-state index in [9.17, 15) is 0 Å². The first kappa shape index (κ1) is 12.6. The summed E-state index contributed by atoms with van der Waals surface area (Å²) >= 11 is 5.84. The number of rotatable bonds is 4. The van der Waals surface area contributed by atoms with Crippen LogP contribution in [0.3, 0.4) is 0 Å². The van der Waals surface area contributed by atoms with Crippen LogP contribution in [0.15, 0.2) is 24.7 Å². The Morgan fingerprint density at radius 1 is 1.33 bits per heavy atom. The molecule has 94 valence electrons. The third-order valence-electron chi connectivity index (χ3n) is 2.15. The molecule has 2 rings (SSSR count). The topological polar surface area (TPSA) is 59.9 Å². The first-order valence-electron chi connectivity index (χ1n) is 5.55. The van der Waals surface area contributed by atoms with Crippen molar-refractivity contribution in [3.8, 4) is 11.6 Å². The van der Waals surface area contributed by atoms with Crippen LogP contribution in [0.2, 0.25) is 5.02 Å². The summed E-state index contributed by atoms with van der Waals surface area (Å²) in [5, 5.41) is 3.55. The van der Waals surface area contributed by atoms with Crippen LogP contribution in [0.4, 0.5) is 5.95 Å². The van der Waals surface area contributed by atoms with Crippen LogP contribution in [0, 0.1) is 6.92 Å². The van der Waals surface area contributed by atoms with Gasteiger partial charge in [-0.2, -0.15) is 4.98 Å². The van der Waals surface area contributed by atoms with Gasteiger partial charge in [0.15, 0.2) is 0 Å². The van der Waals surface area contributed by atoms with Crippen molar-refractivity contribution < 1.29 is 4.74 Å². The Kier molecular flexibility index (Phi) is 3.94. The van der Waals surface area contributed by atoms with Gasteiger partial charge in [0.1, 0.15) is 5.75 Å². The fraction of sp³-hybridized carbons (Fsp3) is 0.250. The average Bonchev–Trinajstić information content (AvgIpc) is 2.34. The summed E-state index contributed by atoms with van der Waals surface area (Å²) in [6, 6.07) is 1.68. The van der Waals surface area contributed by atoms with Gasteiger partial charge in [-0.25, -0.2) is 4.98 Å². The molecule has 0 saturated carbocycles. The number of nitrogens with one attached hydrogen (secondary N) is 1. The molecule has 2 aromatic rings. The van der Waals surface area contributed by atoms with Crippen LogP contribution in [0.25, 0.3) is 0 Å². The Morgan fingerprint density at radius 2 is 2.17 bits per heavy atom. The third-order valence-corrected chi connectivity index (χ3v) is 2.36. The molecule has 2 aromatic heterocycles. The van der Waals surface area contributed by atoms with E-state index < -0.39 is 0 Å². The lowest BCUT2D eigenvalue weighted by Crippen LogP contribution is -2.03. The predicted molar refractivity (Wildman–Crippen MR) is 70.3 cm³/mol. The summed E-state index contributed by atoms with van der Waals surface area (Å²) in [4.78, 5) is 12.4. The number of halogens is 1. The molecule has 0 aliphatic carbocycles. The molecule has 6 heteroatoms. The van der Waals surface area contributed by atoms with Crippen molar-refractivity contribution in [2.75, 3.05) is 11.9 Å². The van der Waals surface area contributed by atoms with Gasteiger partial charge in [0.05, 0.1) is 11.2 Å². The largest absolute Gasteiger partial charge is 0.437 e. The second kappa shape index (κ2) is 5.64. The van der Waals surface area contributed by atoms with E-state index in [-0.39, 0.29) is 0 Å². The lowest BCUT2D eigenvalue weighted by molar-refractivity contribution is 0.456. The molecule has 0 fully saturated rings. The van der Waals surface area contributed by atoms with Gasteiger partial charge in [0, 0.05) is 30.6 Å². The van der Waals surface area contributed by atoms with Gasteiger partial charge in [-0.1, -0.05) is 11.6 Å². The third kappa shape index (κ3) is 3.07. The fourth-order valence-electron chi connectivity index (χ4n) is 1.33. The van der Waals surface area contributed by atoms with Crippen molar-refractivity contribution in [1.82, 2.24) is 15.0 Å². The van der Waals surface area contributed by atoms with Gasteiger partial charge >= 0.3 is 0 Å². The molecular formula is C12H13ClN4O. The van der Waals surface area contributed by atoms with E-state index in [1.54, 1.807) is 24.7 Å². The van der Waals surface area contributed by atoms with Crippen molar-refractivity contribution >= 4 is 17.5 Å². The summed E-state index contributed by atoms with van der Waals surface area (Å²) < 4.78 is 5.64. The Morgan fingerprint density at radius 3 is 2.89 bits per heavy atom. The smallest absolute Gasteiger partial charge is 0.227 e. The molecule has 0 aliphatic rings. The second-order valence-electron chi connectivity index (χ2n) is 3.65. The number of aryl methyl sites for hydroxylation is 1. The van der Waals surface area contributed by atoms with Gasteiger partial charge in [-0.15, -0.1) is 0 Å². The number of anilines is 1. The first-order chi connectivity index (χ1) is 8.69. The first-order valence-corrected chi connectivity index (χ1v) is 5.92. The summed E-state index contributed by atoms with van der Waals surface area (Å²) in [6.45, 7) is 4.61. The number of hydrogen-bond donors (Lipinski definition) is 1. The molecule has 0 unspecified atom stereocenters. The molecule has 0 saturated heterocycles. The molecule has 1 N–H and O–H groups in total. The van der Waals surface area contributed by atoms with Crippen molar-refractivity contribution in [1.29, 1.82) is 0 Å². The van der Waals surface area contributed by atoms with Crippen molar-refractivity contribution in [2.24, 2.45) is 0 Å². The molecule has 0 aromatic carbocycles. The minimum Gasteiger partial charge on any atom is -0.437 e. The highest BCUT2D eigenvalue weighted by Crippen LogP contribution is 2.24. The molecular weight excluding hydrogens is 252 g/mol. The molecule has 0 amide bonds. The number of pyridine rings is 1. The standard InChI is InChI=1S/C12H13ClN4O/c1-3-15-12-16-5-8(2)11(17-12)18-10-4-9(13)6-14-7-10/h4-7H,3H2,1-2H3,(H,15,16,17). The zero-order chi connectivity index (χ0) is 13.0. The highest BCUT2D eigenvalue weighted by Gasteiger charge is 2.06. The van der Waals surface area contributed by atoms with E-state index in [1.807, 2.05) is 13.8 Å². The maximum atomic E-state index is 5.84. The Hall–Kier alpha value is -1.88. The van der Waals surface area contributed by atoms with E-state index in [1.165, 1.54) is 0 Å². The summed E-state index contributed by atoms with van der Waals surface area (Å²) in [6.07, 6.45) is 4.84. The number of hydrogen-bond acceptors (Lipinski definition) is 5. The summed E-state index contributed by atoms with van der Waals surface area (Å²) in [7, 11) is 0. The minimum absolute atomic E-state index is 0.491. The number of ether oxygens (including phenoxy) is 1. The number of nitrogens with zero attached hydrogens (tertiary/aromatic N) is 3. The van der Waals surface area contributed by atoms with Gasteiger partial charge in [-0.3, -0.25) is 4.98 Å². The molecule has 0 spiro atoms. The van der Waals surface area contributed by atoms with E-state index in [2.05, 4.69) is 20.3 Å². The van der Waals surface area contributed by atoms with Crippen molar-refractivity contribution in [3.05, 3.63) is 35.2 Å². The predicted octanol–water partition coefficient (Wildman–Crippen LogP) is 3.06. The molecule has 18 heavy (non-hydrogen) atoms. The highest BCUT2D eigenvalue weighted by molar-refractivity contribution is 6.30. The zero-order valence-corrected chi connectivity index (χ0v) is 10.9. The second-order valence-corrected chi connectivity index (χ2v) is 4.09. The van der Waals surface area contributed by atoms with Crippen LogP contribution in [0.1, 0.15) is 12.5 Å². The normalized spacial score (nSPS) is 10.2. The molecule has 0 radical (unpaired) electrons. The maximum Gasteiger partial charge on any atom is 0.227 e. The molecule has 0 aliphatic heterocycles. The van der Waals surface area contributed by atoms with Crippen LogP contribution in [-0.2, 0) is 0 Å². The summed E-state index contributed by atoms with van der Waals surface area (Å²) in [5.41, 5.74) is 0.844. The van der Waals surface area contributed by atoms with Gasteiger partial charge < -0.3 is 10.1 Å². The summed E-state index contributed by atoms with van der Waals surface area (Å²) in [5.74, 6) is 1.57. The SMILES string of the molecule is CCNc1ncc(C)c(Oc2cncc(Cl)c2)n1. The van der Waals surface area contributed by atoms with Gasteiger partial charge in [0.25, 0.3) is 0 Å². The van der Waals surface area contributed by atoms with E-state index >= 15 is 0 Å². The van der Waals surface area contributed by atoms with Gasteiger partial charge in [0.2, 0.25) is 11.8 Å². The van der Waals surface area contributed by atoms with Crippen LogP contribution < -0.4 is 10.1 Å². The van der Waals surface area contributed by atoms with Crippen molar-refractivity contribution in [3.63, 3.8) is 0 Å². The Bertz CT molecular complexity index is 547. The van der Waals surface area contributed by atoms with Crippen molar-refractivity contribution in [2.45, 2.75) is 13.8 Å². The maximum absolute atomic E-state index is 5.84. The van der Waals surface area contributed by atoms with Crippen LogP contribution in [0.5, 0.6) is 11.6 Å². The lowest BCUT2D eigenvalue weighted by Gasteiger charge is -2.09. The Labute approximate surface area is 110 Å². The van der Waals surface area contributed by atoms with Crippen LogP contribution in [-0.4, -0.2) is 21.5 Å². The van der Waals surface area contributed by atoms with Gasteiger partial charge in [-0.05, 0) is 13.8 Å². The van der Waals surface area contributed by atoms with E-state index in [4.69, 9.17) is 16.3 Å². The monoisotopic (exact) mass is 264 g/mol.